The lowest BCUT2D eigenvalue weighted by Gasteiger charge is -2.39. The van der Waals surface area contributed by atoms with E-state index >= 15 is 0 Å². The predicted molar refractivity (Wildman–Crippen MR) is 286 cm³/mol. The van der Waals surface area contributed by atoms with E-state index in [2.05, 4.69) is 95.4 Å². The molecule has 0 aromatic rings. The van der Waals surface area contributed by atoms with Crippen LogP contribution < -0.4 is 12.4 Å². The van der Waals surface area contributed by atoms with Gasteiger partial charge in [0.05, 0.1) is 33.2 Å². The summed E-state index contributed by atoms with van der Waals surface area (Å²) in [7, 11) is 6.99. The molecule has 0 saturated heterocycles. The van der Waals surface area contributed by atoms with E-state index in [0.29, 0.717) is 11.9 Å². The lowest BCUT2D eigenvalue weighted by molar-refractivity contribution is -0.915. The van der Waals surface area contributed by atoms with Gasteiger partial charge < -0.3 is 21.8 Å². The summed E-state index contributed by atoms with van der Waals surface area (Å²) in [6.45, 7) is 8.80. The number of carbonyl (C=O) groups is 1. The molecule has 1 amide bonds. The van der Waals surface area contributed by atoms with Crippen molar-refractivity contribution in [2.24, 2.45) is 0 Å². The molecule has 0 spiro atoms. The highest BCUT2D eigenvalue weighted by Gasteiger charge is 2.28. The van der Waals surface area contributed by atoms with Crippen LogP contribution in [-0.2, 0) is 4.79 Å². The van der Waals surface area contributed by atoms with Gasteiger partial charge in [0.1, 0.15) is 0 Å². The zero-order valence-electron chi connectivity index (χ0n) is 44.5. The second-order valence-corrected chi connectivity index (χ2v) is 20.4. The highest BCUT2D eigenvalue weighted by atomic mass is 35.5. The van der Waals surface area contributed by atoms with Crippen molar-refractivity contribution in [2.75, 3.05) is 34.2 Å². The average molecular weight is 916 g/mol. The van der Waals surface area contributed by atoms with Gasteiger partial charge in [-0.05, 0) is 96.3 Å². The summed E-state index contributed by atoms with van der Waals surface area (Å²) in [5.74, 6) is 0.358. The third-order valence-electron chi connectivity index (χ3n) is 13.9. The first kappa shape index (κ1) is 64.8. The number of carbonyl (C=O) groups excluding carboxylic acids is 1. The number of quaternary nitrogens is 1. The molecule has 0 atom stereocenters. The normalized spacial score (nSPS) is 12.7. The number of likely N-dealkylation sites (N-methyl/N-ethyl adjacent to an activating group) is 2. The van der Waals surface area contributed by atoms with Gasteiger partial charge in [0, 0.05) is 13.5 Å². The summed E-state index contributed by atoms with van der Waals surface area (Å²) in [5.41, 5.74) is 0. The Morgan fingerprint density at radius 1 is 0.406 bits per heavy atom. The first-order valence-corrected chi connectivity index (χ1v) is 28.6. The van der Waals surface area contributed by atoms with Crippen LogP contribution >= 0.6 is 0 Å². The zero-order chi connectivity index (χ0) is 46.0. The maximum absolute atomic E-state index is 13.1. The molecule has 0 heterocycles. The van der Waals surface area contributed by atoms with Gasteiger partial charge in [-0.2, -0.15) is 0 Å². The molecule has 0 aromatic carbocycles. The Balaban J connectivity index is 0. The quantitative estimate of drug-likeness (QED) is 0.0338. The Labute approximate surface area is 410 Å². The van der Waals surface area contributed by atoms with Gasteiger partial charge in [-0.3, -0.25) is 4.79 Å². The molecule has 4 heteroatoms. The Morgan fingerprint density at radius 2 is 0.688 bits per heavy atom. The van der Waals surface area contributed by atoms with Gasteiger partial charge in [-0.1, -0.05) is 236 Å². The summed E-state index contributed by atoms with van der Waals surface area (Å²) in [6, 6.07) is 0.695. The molecular formula is C60H115ClN2O. The monoisotopic (exact) mass is 915 g/mol. The van der Waals surface area contributed by atoms with Crippen molar-refractivity contribution in [1.29, 1.82) is 0 Å². The van der Waals surface area contributed by atoms with E-state index < -0.39 is 0 Å². The maximum atomic E-state index is 13.1. The van der Waals surface area contributed by atoms with Crippen LogP contribution in [0.2, 0.25) is 0 Å². The summed E-state index contributed by atoms with van der Waals surface area (Å²) in [5, 5.41) is 0. The number of amides is 1. The zero-order valence-corrected chi connectivity index (χ0v) is 45.2. The molecule has 0 N–H and O–H groups in total. The number of hydrogen-bond donors (Lipinski definition) is 0. The SMILES string of the molecule is CCCCCC=CCC=CCCCCCCCCC(CCCCCCCCC=CCC=CCCCCC)[N+](C)(C)CCN(C)C(=O)CCCCCCCCCCCCCCCCC.[Cl-]. The molecule has 0 saturated carbocycles. The van der Waals surface area contributed by atoms with Crippen molar-refractivity contribution in [2.45, 2.75) is 296 Å². The number of unbranched alkanes of at least 4 members (excludes halogenated alkanes) is 32. The van der Waals surface area contributed by atoms with Crippen molar-refractivity contribution >= 4 is 5.91 Å². The third-order valence-corrected chi connectivity index (χ3v) is 13.9. The van der Waals surface area contributed by atoms with E-state index in [1.165, 1.54) is 244 Å². The lowest BCUT2D eigenvalue weighted by Crippen LogP contribution is -3.00. The van der Waals surface area contributed by atoms with Gasteiger partial charge in [0.15, 0.2) is 0 Å². The standard InChI is InChI=1S/C60H115N2O.ClH/c1-7-10-13-16-19-22-25-28-31-34-36-39-42-45-48-51-54-59(55-52-49-46-43-40-37-35-32-29-26-23-20-17-14-11-8-2)62(5,6)58-57-61(4)60(63)56-53-50-47-44-41-38-33-30-27-24-21-18-15-12-9-3;/h19-20,22-23,28-29,31-32,59H,7-18,21,24-27,30,33-58H2,1-6H3;1H/q+1;/p-1. The van der Waals surface area contributed by atoms with Crippen LogP contribution in [0.1, 0.15) is 290 Å². The summed E-state index contributed by atoms with van der Waals surface area (Å²) < 4.78 is 1.05. The van der Waals surface area contributed by atoms with Crippen LogP contribution in [0, 0.1) is 0 Å². The molecule has 0 aliphatic heterocycles. The van der Waals surface area contributed by atoms with Gasteiger partial charge in [0.25, 0.3) is 0 Å². The Hall–Kier alpha value is -1.32. The van der Waals surface area contributed by atoms with Crippen LogP contribution in [0.25, 0.3) is 0 Å². The summed E-state index contributed by atoms with van der Waals surface area (Å²) in [6.07, 6.45) is 74.4. The Kier molecular flexibility index (Phi) is 53.3. The molecule has 0 fully saturated rings. The van der Waals surface area contributed by atoms with Crippen molar-refractivity contribution in [3.63, 3.8) is 0 Å². The predicted octanol–water partition coefficient (Wildman–Crippen LogP) is 16.6. The molecule has 0 rings (SSSR count). The molecule has 0 aromatic heterocycles. The first-order chi connectivity index (χ1) is 30.9. The fourth-order valence-electron chi connectivity index (χ4n) is 9.13. The fourth-order valence-corrected chi connectivity index (χ4v) is 9.13. The second-order valence-electron chi connectivity index (χ2n) is 20.4. The number of halogens is 1. The van der Waals surface area contributed by atoms with Gasteiger partial charge in [-0.25, -0.2) is 0 Å². The Bertz CT molecular complexity index is 998. The number of hydrogen-bond acceptors (Lipinski definition) is 1. The molecule has 378 valence electrons. The van der Waals surface area contributed by atoms with Gasteiger partial charge >= 0.3 is 0 Å². The van der Waals surface area contributed by atoms with Gasteiger partial charge in [-0.15, -0.1) is 0 Å². The molecule has 0 aliphatic carbocycles. The van der Waals surface area contributed by atoms with E-state index in [-0.39, 0.29) is 12.4 Å². The molecule has 0 bridgehead atoms. The minimum Gasteiger partial charge on any atom is -1.00 e. The van der Waals surface area contributed by atoms with E-state index in [9.17, 15) is 4.79 Å². The minimum atomic E-state index is 0. The molecule has 0 radical (unpaired) electrons. The van der Waals surface area contributed by atoms with Crippen molar-refractivity contribution in [1.82, 2.24) is 4.90 Å². The van der Waals surface area contributed by atoms with E-state index in [1.54, 1.807) is 0 Å². The highest BCUT2D eigenvalue weighted by molar-refractivity contribution is 5.75. The van der Waals surface area contributed by atoms with Crippen LogP contribution in [-0.4, -0.2) is 55.6 Å². The number of allylic oxidation sites excluding steroid dienone is 8. The third kappa shape index (κ3) is 47.2. The summed E-state index contributed by atoms with van der Waals surface area (Å²) >= 11 is 0. The summed E-state index contributed by atoms with van der Waals surface area (Å²) in [4.78, 5) is 15.2. The van der Waals surface area contributed by atoms with Crippen LogP contribution in [0.15, 0.2) is 48.6 Å². The highest BCUT2D eigenvalue weighted by Crippen LogP contribution is 2.23. The average Bonchev–Trinajstić information content (AvgIpc) is 3.28. The Morgan fingerprint density at radius 3 is 1.05 bits per heavy atom. The first-order valence-electron chi connectivity index (χ1n) is 28.6. The van der Waals surface area contributed by atoms with Crippen LogP contribution in [0.3, 0.4) is 0 Å². The fraction of sp³-hybridized carbons (Fsp3) is 0.850. The molecule has 3 nitrogen and oxygen atoms in total. The topological polar surface area (TPSA) is 20.3 Å². The molecule has 0 unspecified atom stereocenters. The van der Waals surface area contributed by atoms with Crippen molar-refractivity contribution in [3.05, 3.63) is 48.6 Å². The number of nitrogens with zero attached hydrogens (tertiary/aromatic N) is 2. The number of rotatable bonds is 50. The van der Waals surface area contributed by atoms with E-state index in [4.69, 9.17) is 0 Å². The van der Waals surface area contributed by atoms with Crippen LogP contribution in [0.5, 0.6) is 0 Å². The van der Waals surface area contributed by atoms with Crippen molar-refractivity contribution in [3.8, 4) is 0 Å². The molecule has 0 aliphatic rings. The smallest absolute Gasteiger partial charge is 0.222 e. The van der Waals surface area contributed by atoms with Gasteiger partial charge in [0.2, 0.25) is 5.91 Å². The van der Waals surface area contributed by atoms with E-state index in [0.717, 1.165) is 43.3 Å². The second kappa shape index (κ2) is 52.6. The largest absolute Gasteiger partial charge is 1.00 e. The van der Waals surface area contributed by atoms with E-state index in [1.807, 2.05) is 0 Å². The molecule has 64 heavy (non-hydrogen) atoms. The van der Waals surface area contributed by atoms with Crippen molar-refractivity contribution < 1.29 is 21.7 Å². The minimum absolute atomic E-state index is 0. The maximum Gasteiger partial charge on any atom is 0.222 e. The molecular weight excluding hydrogens is 800 g/mol. The van der Waals surface area contributed by atoms with Crippen LogP contribution in [0.4, 0.5) is 0 Å². The lowest BCUT2D eigenvalue weighted by atomic mass is 9.97.